The van der Waals surface area contributed by atoms with Gasteiger partial charge in [0.2, 0.25) is 5.95 Å². The number of aromatic nitrogens is 3. The van der Waals surface area contributed by atoms with Gasteiger partial charge in [0.15, 0.2) is 12.1 Å². The van der Waals surface area contributed by atoms with E-state index in [4.69, 9.17) is 20.2 Å². The molecule has 0 saturated heterocycles. The Morgan fingerprint density at radius 2 is 1.93 bits per heavy atom. The van der Waals surface area contributed by atoms with Gasteiger partial charge >= 0.3 is 0 Å². The first kappa shape index (κ1) is 16.5. The van der Waals surface area contributed by atoms with Crippen LogP contribution in [-0.4, -0.2) is 34.3 Å². The fraction of sp³-hybridized carbons (Fsp3) is 0.200. The van der Waals surface area contributed by atoms with E-state index in [1.165, 1.54) is 0 Å². The Bertz CT molecular complexity index is 1250. The number of methoxy groups -OCH3 is 2. The van der Waals surface area contributed by atoms with E-state index in [2.05, 4.69) is 21.1 Å². The lowest BCUT2D eigenvalue weighted by Gasteiger charge is -2.23. The number of rotatable bonds is 3. The Balaban J connectivity index is 1.82. The third-order valence-corrected chi connectivity index (χ3v) is 5.13. The third kappa shape index (κ3) is 2.24. The van der Waals surface area contributed by atoms with Crippen molar-refractivity contribution in [1.82, 2.24) is 14.1 Å². The number of nitrogens with zero attached hydrogens (tertiary/aromatic N) is 4. The highest BCUT2D eigenvalue weighted by Crippen LogP contribution is 2.41. The lowest BCUT2D eigenvalue weighted by molar-refractivity contribution is 0.397. The predicted octanol–water partition coefficient (Wildman–Crippen LogP) is 2.83. The zero-order valence-electron chi connectivity index (χ0n) is 15.8. The average Bonchev–Trinajstić information content (AvgIpc) is 3.24. The van der Waals surface area contributed by atoms with Gasteiger partial charge in [0, 0.05) is 36.3 Å². The van der Waals surface area contributed by atoms with Gasteiger partial charge in [-0.3, -0.25) is 9.88 Å². The highest BCUT2D eigenvalue weighted by molar-refractivity contribution is 5.97. The molecule has 0 aliphatic carbocycles. The zero-order chi connectivity index (χ0) is 19.4. The van der Waals surface area contributed by atoms with Crippen molar-refractivity contribution in [2.75, 3.05) is 19.5 Å². The van der Waals surface area contributed by atoms with Gasteiger partial charge < -0.3 is 19.8 Å². The number of aliphatic imine (C=N–C) groups is 1. The maximum absolute atomic E-state index is 6.09. The van der Waals surface area contributed by atoms with Gasteiger partial charge in [-0.05, 0) is 12.1 Å². The summed E-state index contributed by atoms with van der Waals surface area (Å²) < 4.78 is 15.2. The molecule has 1 aliphatic heterocycles. The van der Waals surface area contributed by atoms with Crippen LogP contribution >= 0.6 is 0 Å². The molecule has 142 valence electrons. The lowest BCUT2D eigenvalue weighted by atomic mass is 10.1. The molecule has 0 amide bonds. The minimum Gasteiger partial charge on any atom is -0.497 e. The Kier molecular flexibility index (Phi) is 3.48. The maximum atomic E-state index is 6.09. The van der Waals surface area contributed by atoms with E-state index in [1.807, 2.05) is 48.0 Å². The number of anilines is 1. The van der Waals surface area contributed by atoms with Gasteiger partial charge in [0.05, 0.1) is 30.8 Å². The SMILES string of the molecule is COc1cc(OC)c2c([C@H]3N=C(N)Nc4nc5ccccc5n43)cn(C)c2c1. The average molecular weight is 376 g/mol. The topological polar surface area (TPSA) is 91.6 Å². The summed E-state index contributed by atoms with van der Waals surface area (Å²) in [6, 6.07) is 11.8. The molecule has 0 fully saturated rings. The van der Waals surface area contributed by atoms with Gasteiger partial charge in [0.1, 0.15) is 11.5 Å². The van der Waals surface area contributed by atoms with Gasteiger partial charge in [-0.25, -0.2) is 9.98 Å². The van der Waals surface area contributed by atoms with E-state index >= 15 is 0 Å². The molecule has 0 bridgehead atoms. The fourth-order valence-corrected chi connectivity index (χ4v) is 3.89. The molecular weight excluding hydrogens is 356 g/mol. The summed E-state index contributed by atoms with van der Waals surface area (Å²) >= 11 is 0. The molecule has 0 spiro atoms. The van der Waals surface area contributed by atoms with Crippen molar-refractivity contribution in [2.24, 2.45) is 17.8 Å². The van der Waals surface area contributed by atoms with Crippen molar-refractivity contribution in [2.45, 2.75) is 6.17 Å². The molecule has 1 aliphatic rings. The molecule has 8 nitrogen and oxygen atoms in total. The van der Waals surface area contributed by atoms with Crippen LogP contribution in [0.1, 0.15) is 11.7 Å². The van der Waals surface area contributed by atoms with Crippen molar-refractivity contribution in [3.05, 3.63) is 48.2 Å². The first-order valence-electron chi connectivity index (χ1n) is 8.89. The van der Waals surface area contributed by atoms with Gasteiger partial charge in [-0.2, -0.15) is 0 Å². The summed E-state index contributed by atoms with van der Waals surface area (Å²) in [5, 5.41) is 4.04. The molecule has 8 heteroatoms. The summed E-state index contributed by atoms with van der Waals surface area (Å²) in [5.74, 6) is 2.46. The zero-order valence-corrected chi connectivity index (χ0v) is 15.8. The molecule has 1 atom stereocenters. The number of benzene rings is 2. The second-order valence-electron chi connectivity index (χ2n) is 6.73. The smallest absolute Gasteiger partial charge is 0.212 e. The molecular formula is C20H20N6O2. The number of ether oxygens (including phenoxy) is 2. The predicted molar refractivity (Wildman–Crippen MR) is 109 cm³/mol. The second-order valence-corrected chi connectivity index (χ2v) is 6.73. The van der Waals surface area contributed by atoms with Crippen molar-refractivity contribution < 1.29 is 9.47 Å². The van der Waals surface area contributed by atoms with Gasteiger partial charge in [-0.1, -0.05) is 12.1 Å². The summed E-state index contributed by atoms with van der Waals surface area (Å²) in [7, 11) is 5.29. The number of fused-ring (bicyclic) bond motifs is 4. The standard InChI is InChI=1S/C20H20N6O2/c1-25-10-12(17-15(25)8-11(27-2)9-16(17)28-3)18-23-19(21)24-20-22-13-6-4-5-7-14(13)26(18)20/h4-10,18H,1-3H3,(H3,21,22,23,24)/t18-/m0/s1. The van der Waals surface area contributed by atoms with Crippen LogP contribution in [0, 0.1) is 0 Å². The van der Waals surface area contributed by atoms with Crippen LogP contribution in [0.3, 0.4) is 0 Å². The van der Waals surface area contributed by atoms with E-state index in [0.717, 1.165) is 39.0 Å². The van der Waals surface area contributed by atoms with Crippen LogP contribution in [0.25, 0.3) is 21.9 Å². The molecule has 0 unspecified atom stereocenters. The molecule has 2 aromatic carbocycles. The number of hydrogen-bond acceptors (Lipinski definition) is 6. The first-order valence-corrected chi connectivity index (χ1v) is 8.89. The quantitative estimate of drug-likeness (QED) is 0.574. The summed E-state index contributed by atoms with van der Waals surface area (Å²) in [4.78, 5) is 9.37. The Morgan fingerprint density at radius 1 is 1.11 bits per heavy atom. The summed E-state index contributed by atoms with van der Waals surface area (Å²) in [6.45, 7) is 0. The molecule has 4 aromatic rings. The Hall–Kier alpha value is -3.68. The van der Waals surface area contributed by atoms with Crippen LogP contribution in [0.2, 0.25) is 0 Å². The van der Waals surface area contributed by atoms with E-state index in [9.17, 15) is 0 Å². The summed E-state index contributed by atoms with van der Waals surface area (Å²) in [6.07, 6.45) is 1.69. The number of imidazole rings is 1. The van der Waals surface area contributed by atoms with Crippen LogP contribution in [0.15, 0.2) is 47.6 Å². The van der Waals surface area contributed by atoms with Gasteiger partial charge in [0.25, 0.3) is 0 Å². The van der Waals surface area contributed by atoms with Crippen LogP contribution in [-0.2, 0) is 7.05 Å². The Morgan fingerprint density at radius 3 is 2.71 bits per heavy atom. The van der Waals surface area contributed by atoms with Crippen molar-refractivity contribution >= 4 is 33.8 Å². The fourth-order valence-electron chi connectivity index (χ4n) is 3.89. The number of guanidine groups is 1. The highest BCUT2D eigenvalue weighted by Gasteiger charge is 2.29. The van der Waals surface area contributed by atoms with Crippen LogP contribution in [0.5, 0.6) is 11.5 Å². The lowest BCUT2D eigenvalue weighted by Crippen LogP contribution is -2.31. The van der Waals surface area contributed by atoms with Crippen molar-refractivity contribution in [3.8, 4) is 11.5 Å². The highest BCUT2D eigenvalue weighted by atomic mass is 16.5. The van der Waals surface area contributed by atoms with Crippen molar-refractivity contribution in [1.29, 1.82) is 0 Å². The first-order chi connectivity index (χ1) is 13.6. The number of nitrogens with one attached hydrogen (secondary N) is 1. The molecule has 28 heavy (non-hydrogen) atoms. The Labute approximate surface area is 161 Å². The number of aryl methyl sites for hydroxylation is 1. The van der Waals surface area contributed by atoms with E-state index < -0.39 is 0 Å². The number of hydrogen-bond donors (Lipinski definition) is 2. The van der Waals surface area contributed by atoms with E-state index in [0.29, 0.717) is 11.9 Å². The minimum atomic E-state index is -0.366. The number of nitrogens with two attached hydrogens (primary N) is 1. The van der Waals surface area contributed by atoms with E-state index in [1.54, 1.807) is 14.2 Å². The largest absolute Gasteiger partial charge is 0.497 e. The van der Waals surface area contributed by atoms with E-state index in [-0.39, 0.29) is 6.17 Å². The third-order valence-electron chi connectivity index (χ3n) is 5.13. The van der Waals surface area contributed by atoms with Crippen LogP contribution in [0.4, 0.5) is 5.95 Å². The monoisotopic (exact) mass is 376 g/mol. The second kappa shape index (κ2) is 5.91. The van der Waals surface area contributed by atoms with Crippen molar-refractivity contribution in [3.63, 3.8) is 0 Å². The van der Waals surface area contributed by atoms with Gasteiger partial charge in [-0.15, -0.1) is 0 Å². The minimum absolute atomic E-state index is 0.331. The van der Waals surface area contributed by atoms with Crippen LogP contribution < -0.4 is 20.5 Å². The molecule has 3 N–H and O–H groups in total. The maximum Gasteiger partial charge on any atom is 0.212 e. The number of para-hydroxylation sites is 2. The normalized spacial score (nSPS) is 16.0. The molecule has 0 radical (unpaired) electrons. The molecule has 2 aromatic heterocycles. The molecule has 3 heterocycles. The summed E-state index contributed by atoms with van der Waals surface area (Å²) in [5.41, 5.74) is 9.93. The molecule has 5 rings (SSSR count). The molecule has 0 saturated carbocycles.